The number of rotatable bonds is 12. The summed E-state index contributed by atoms with van der Waals surface area (Å²) in [5.74, 6) is 0.453. The number of non-ortho nitro benzene ring substituents is 1. The molecule has 0 fully saturated rings. The molecule has 0 radical (unpaired) electrons. The first-order chi connectivity index (χ1) is 20.7. The van der Waals surface area contributed by atoms with E-state index in [4.69, 9.17) is 14.2 Å². The Bertz CT molecular complexity index is 1680. The molecule has 43 heavy (non-hydrogen) atoms. The first-order valence-corrected chi connectivity index (χ1v) is 14.1. The van der Waals surface area contributed by atoms with Crippen LogP contribution in [0.4, 0.5) is 11.4 Å². The number of hydrogen-bond acceptors (Lipinski definition) is 9. The number of hydrazone groups is 1. The Hall–Kier alpha value is -4.82. The van der Waals surface area contributed by atoms with E-state index in [1.807, 2.05) is 37.3 Å². The van der Waals surface area contributed by atoms with Crippen LogP contribution in [0.3, 0.4) is 0 Å². The predicted molar refractivity (Wildman–Crippen MR) is 165 cm³/mol. The van der Waals surface area contributed by atoms with Gasteiger partial charge < -0.3 is 14.2 Å². The lowest BCUT2D eigenvalue weighted by molar-refractivity contribution is -0.394. The lowest BCUT2D eigenvalue weighted by atomic mass is 10.2. The summed E-state index contributed by atoms with van der Waals surface area (Å²) >= 11 is 6.72. The fourth-order valence-electron chi connectivity index (χ4n) is 3.71. The molecule has 220 valence electrons. The van der Waals surface area contributed by atoms with Gasteiger partial charge >= 0.3 is 5.69 Å². The summed E-state index contributed by atoms with van der Waals surface area (Å²) in [6.45, 7) is 2.56. The maximum absolute atomic E-state index is 12.8. The Morgan fingerprint density at radius 3 is 2.23 bits per heavy atom. The van der Waals surface area contributed by atoms with E-state index in [0.29, 0.717) is 44.8 Å². The van der Waals surface area contributed by atoms with E-state index in [1.165, 1.54) is 6.21 Å². The van der Waals surface area contributed by atoms with Crippen LogP contribution in [0.25, 0.3) is 0 Å². The van der Waals surface area contributed by atoms with Gasteiger partial charge in [0.15, 0.2) is 17.2 Å². The molecule has 1 N–H and O–H groups in total. The summed E-state index contributed by atoms with van der Waals surface area (Å²) in [7, 11) is 0. The molecule has 0 heterocycles. The molecule has 0 spiro atoms. The largest absolute Gasteiger partial charge is 0.490 e. The van der Waals surface area contributed by atoms with Crippen LogP contribution in [0.5, 0.6) is 23.0 Å². The number of hydrogen-bond donors (Lipinski definition) is 1. The summed E-state index contributed by atoms with van der Waals surface area (Å²) in [5.41, 5.74) is 3.31. The molecule has 1 amide bonds. The van der Waals surface area contributed by atoms with Crippen molar-refractivity contribution in [3.63, 3.8) is 0 Å². The van der Waals surface area contributed by atoms with Crippen LogP contribution in [0.15, 0.2) is 92.9 Å². The molecular weight excluding hydrogens is 692 g/mol. The average Bonchev–Trinajstić information content (AvgIpc) is 2.98. The molecule has 12 nitrogen and oxygen atoms in total. The highest BCUT2D eigenvalue weighted by Gasteiger charge is 2.23. The lowest BCUT2D eigenvalue weighted by Crippen LogP contribution is -2.17. The number of nitrogens with one attached hydrogen (secondary N) is 1. The number of benzene rings is 4. The molecule has 4 aromatic rings. The van der Waals surface area contributed by atoms with Crippen molar-refractivity contribution in [1.29, 1.82) is 0 Å². The highest BCUT2D eigenvalue weighted by atomic mass is 79.9. The van der Waals surface area contributed by atoms with Crippen molar-refractivity contribution in [1.82, 2.24) is 5.43 Å². The van der Waals surface area contributed by atoms with Crippen LogP contribution in [0.2, 0.25) is 0 Å². The maximum atomic E-state index is 12.8. The van der Waals surface area contributed by atoms with Gasteiger partial charge in [0.2, 0.25) is 5.75 Å². The Labute approximate surface area is 261 Å². The van der Waals surface area contributed by atoms with Crippen LogP contribution in [-0.2, 0) is 6.61 Å². The first kappa shape index (κ1) is 31.1. The van der Waals surface area contributed by atoms with Gasteiger partial charge in [0.05, 0.1) is 37.7 Å². The van der Waals surface area contributed by atoms with Gasteiger partial charge in [0.1, 0.15) is 6.61 Å². The fraction of sp³-hybridized carbons (Fsp3) is 0.103. The third-order valence-corrected chi connectivity index (χ3v) is 6.88. The topological polar surface area (TPSA) is 155 Å². The number of nitro benzene ring substituents is 2. The minimum Gasteiger partial charge on any atom is -0.490 e. The van der Waals surface area contributed by atoms with Crippen molar-refractivity contribution in [2.45, 2.75) is 13.5 Å². The monoisotopic (exact) mass is 712 g/mol. The molecule has 0 aliphatic rings. The average molecular weight is 714 g/mol. The quantitative estimate of drug-likeness (QED) is 0.0896. The minimum absolute atomic E-state index is 0.186. The molecule has 0 aromatic heterocycles. The normalized spacial score (nSPS) is 10.8. The van der Waals surface area contributed by atoms with E-state index >= 15 is 0 Å². The van der Waals surface area contributed by atoms with Crippen LogP contribution < -0.4 is 19.6 Å². The van der Waals surface area contributed by atoms with Gasteiger partial charge in [-0.25, -0.2) is 5.43 Å². The first-order valence-electron chi connectivity index (χ1n) is 12.5. The molecule has 0 aliphatic carbocycles. The molecule has 14 heteroatoms. The molecule has 0 atom stereocenters. The van der Waals surface area contributed by atoms with E-state index in [0.717, 1.165) is 23.8 Å². The standard InChI is InChI=1S/C29H22Br2N4O8/c1-2-41-27-14-20(8-10-26(27)42-17-18-6-4-3-5-7-18)29(36)33-32-16-19-12-22(30)28(23(31)13-19)43-25-11-9-21(34(37)38)15-24(25)35(39)40/h3-16H,2,17H2,1H3,(H,33,36)/b32-16+. The smallest absolute Gasteiger partial charge is 0.318 e. The molecule has 4 aromatic carbocycles. The summed E-state index contributed by atoms with van der Waals surface area (Å²) in [5, 5.41) is 26.5. The molecule has 0 aliphatic heterocycles. The highest BCUT2D eigenvalue weighted by Crippen LogP contribution is 2.41. The van der Waals surface area contributed by atoms with Crippen molar-refractivity contribution in [3.05, 3.63) is 125 Å². The van der Waals surface area contributed by atoms with Gasteiger partial charge in [0.25, 0.3) is 11.6 Å². The number of nitro groups is 2. The van der Waals surface area contributed by atoms with E-state index in [2.05, 4.69) is 42.4 Å². The number of carbonyl (C=O) groups excluding carboxylic acids is 1. The van der Waals surface area contributed by atoms with Crippen LogP contribution in [0.1, 0.15) is 28.4 Å². The number of amides is 1. The fourth-order valence-corrected chi connectivity index (χ4v) is 5.10. The highest BCUT2D eigenvalue weighted by molar-refractivity contribution is 9.11. The third-order valence-electron chi connectivity index (χ3n) is 5.71. The Morgan fingerprint density at radius 2 is 1.58 bits per heavy atom. The number of nitrogens with zero attached hydrogens (tertiary/aromatic N) is 3. The van der Waals surface area contributed by atoms with E-state index < -0.39 is 27.1 Å². The van der Waals surface area contributed by atoms with E-state index in [9.17, 15) is 25.0 Å². The molecule has 0 unspecified atom stereocenters. The lowest BCUT2D eigenvalue weighted by Gasteiger charge is -2.13. The van der Waals surface area contributed by atoms with Crippen LogP contribution >= 0.6 is 31.9 Å². The molecule has 0 saturated carbocycles. The zero-order valence-corrected chi connectivity index (χ0v) is 25.5. The minimum atomic E-state index is -0.767. The molecule has 0 bridgehead atoms. The van der Waals surface area contributed by atoms with Gasteiger partial charge in [-0.1, -0.05) is 30.3 Å². The van der Waals surface area contributed by atoms with Gasteiger partial charge in [-0.3, -0.25) is 25.0 Å². The van der Waals surface area contributed by atoms with Crippen LogP contribution in [-0.4, -0.2) is 28.6 Å². The summed E-state index contributed by atoms with van der Waals surface area (Å²) < 4.78 is 18.1. The molecule has 4 rings (SSSR count). The van der Waals surface area contributed by atoms with Gasteiger partial charge in [-0.05, 0) is 86.3 Å². The third kappa shape index (κ3) is 8.14. The second-order valence-electron chi connectivity index (χ2n) is 8.65. The Kier molecular flexibility index (Phi) is 10.4. The van der Waals surface area contributed by atoms with Gasteiger partial charge in [-0.15, -0.1) is 0 Å². The summed E-state index contributed by atoms with van der Waals surface area (Å²) in [6.07, 6.45) is 1.40. The second-order valence-corrected chi connectivity index (χ2v) is 10.4. The van der Waals surface area contributed by atoms with Crippen molar-refractivity contribution in [2.24, 2.45) is 5.10 Å². The molecular formula is C29H22Br2N4O8. The summed E-state index contributed by atoms with van der Waals surface area (Å²) in [6, 6.07) is 20.8. The SMILES string of the molecule is CCOc1cc(C(=O)N/N=C/c2cc(Br)c(Oc3ccc([N+](=O)[O-])cc3[N+](=O)[O-])c(Br)c2)ccc1OCc1ccccc1. The Balaban J connectivity index is 1.44. The Morgan fingerprint density at radius 1 is 0.884 bits per heavy atom. The van der Waals surface area contributed by atoms with Crippen molar-refractivity contribution in [2.75, 3.05) is 6.61 Å². The predicted octanol–water partition coefficient (Wildman–Crippen LogP) is 7.56. The number of ether oxygens (including phenoxy) is 3. The number of halogens is 2. The second kappa shape index (κ2) is 14.4. The number of carbonyl (C=O) groups is 1. The van der Waals surface area contributed by atoms with Crippen molar-refractivity contribution in [3.8, 4) is 23.0 Å². The van der Waals surface area contributed by atoms with E-state index in [1.54, 1.807) is 30.3 Å². The zero-order valence-electron chi connectivity index (χ0n) is 22.4. The van der Waals surface area contributed by atoms with Crippen molar-refractivity contribution >= 4 is 55.4 Å². The molecule has 0 saturated heterocycles. The summed E-state index contributed by atoms with van der Waals surface area (Å²) in [4.78, 5) is 33.7. The zero-order chi connectivity index (χ0) is 30.9. The van der Waals surface area contributed by atoms with Crippen molar-refractivity contribution < 1.29 is 28.9 Å². The van der Waals surface area contributed by atoms with Crippen LogP contribution in [0, 0.1) is 20.2 Å². The van der Waals surface area contributed by atoms with E-state index in [-0.39, 0.29) is 11.5 Å². The maximum Gasteiger partial charge on any atom is 0.318 e. The van der Waals surface area contributed by atoms with Gasteiger partial charge in [0, 0.05) is 11.6 Å². The van der Waals surface area contributed by atoms with Gasteiger partial charge in [-0.2, -0.15) is 5.10 Å².